The lowest BCUT2D eigenvalue weighted by Gasteiger charge is -2.29. The minimum atomic E-state index is -0.618. The average molecular weight is 402 g/mol. The van der Waals surface area contributed by atoms with Gasteiger partial charge in [-0.1, -0.05) is 6.07 Å². The predicted octanol–water partition coefficient (Wildman–Crippen LogP) is 2.96. The number of carbonyl (C=O) groups is 2. The summed E-state index contributed by atoms with van der Waals surface area (Å²) < 4.78 is 15.6. The number of nitrogens with one attached hydrogen (secondary N) is 1. The van der Waals surface area contributed by atoms with Gasteiger partial charge in [-0.25, -0.2) is 0 Å². The predicted molar refractivity (Wildman–Crippen MR) is 104 cm³/mol. The zero-order valence-corrected chi connectivity index (χ0v) is 17.0. The molecule has 8 heteroatoms. The highest BCUT2D eigenvalue weighted by Crippen LogP contribution is 2.58. The molecule has 1 aromatic carbocycles. The lowest BCUT2D eigenvalue weighted by atomic mass is 10.0. The van der Waals surface area contributed by atoms with E-state index in [1.54, 1.807) is 41.1 Å². The van der Waals surface area contributed by atoms with Gasteiger partial charge in [-0.05, 0) is 32.0 Å². The highest BCUT2D eigenvalue weighted by molar-refractivity contribution is 8.01. The second-order valence-electron chi connectivity index (χ2n) is 7.25. The zero-order chi connectivity index (χ0) is 20.1. The van der Waals surface area contributed by atoms with Crippen LogP contribution in [0.5, 0.6) is 11.5 Å². The van der Waals surface area contributed by atoms with Crippen LogP contribution < -0.4 is 14.8 Å². The van der Waals surface area contributed by atoms with E-state index < -0.39 is 10.8 Å². The zero-order valence-electron chi connectivity index (χ0n) is 16.1. The molecule has 2 amide bonds. The summed E-state index contributed by atoms with van der Waals surface area (Å²) in [6.07, 6.45) is 1.56. The number of fused-ring (bicyclic) bond motifs is 3. The minimum Gasteiger partial charge on any atom is -0.493 e. The molecule has 7 nitrogen and oxygen atoms in total. The van der Waals surface area contributed by atoms with E-state index in [9.17, 15) is 9.59 Å². The first-order chi connectivity index (χ1) is 13.4. The summed E-state index contributed by atoms with van der Waals surface area (Å²) >= 11 is 1.60. The minimum absolute atomic E-state index is 0.205. The molecule has 0 aliphatic carbocycles. The van der Waals surface area contributed by atoms with Crippen LogP contribution in [0.4, 0.5) is 0 Å². The van der Waals surface area contributed by atoms with Crippen LogP contribution >= 0.6 is 11.8 Å². The first-order valence-electron chi connectivity index (χ1n) is 8.94. The Bertz CT molecular complexity index is 925. The number of methoxy groups -OCH3 is 2. The van der Waals surface area contributed by atoms with E-state index in [0.717, 1.165) is 5.56 Å². The molecule has 0 unspecified atom stereocenters. The van der Waals surface area contributed by atoms with E-state index in [-0.39, 0.29) is 23.7 Å². The Labute approximate surface area is 167 Å². The first-order valence-corrected chi connectivity index (χ1v) is 9.82. The van der Waals surface area contributed by atoms with Gasteiger partial charge >= 0.3 is 0 Å². The standard InChI is InChI=1S/C20H22N2O5S/c1-20(2)16(17(23)21-10-11-6-5-9-27-11)22-18(24)14-12(19(22)28-20)7-8-13(25-3)15(14)26-4/h5-9,16,19H,10H2,1-4H3,(H,21,23)/t16-,19+/m0/s1. The molecule has 3 heterocycles. The van der Waals surface area contributed by atoms with E-state index in [1.807, 2.05) is 19.9 Å². The Kier molecular flexibility index (Phi) is 4.53. The van der Waals surface area contributed by atoms with Crippen molar-refractivity contribution in [2.45, 2.75) is 36.6 Å². The quantitative estimate of drug-likeness (QED) is 0.828. The number of hydrogen-bond acceptors (Lipinski definition) is 6. The van der Waals surface area contributed by atoms with Gasteiger partial charge in [-0.3, -0.25) is 9.59 Å². The molecule has 0 saturated carbocycles. The van der Waals surface area contributed by atoms with E-state index in [4.69, 9.17) is 13.9 Å². The van der Waals surface area contributed by atoms with Gasteiger partial charge in [-0.2, -0.15) is 0 Å². The Morgan fingerprint density at radius 2 is 2.07 bits per heavy atom. The highest BCUT2D eigenvalue weighted by atomic mass is 32.2. The van der Waals surface area contributed by atoms with Crippen LogP contribution in [0.1, 0.15) is 40.9 Å². The fourth-order valence-electron chi connectivity index (χ4n) is 3.94. The molecule has 0 radical (unpaired) electrons. The highest BCUT2D eigenvalue weighted by Gasteiger charge is 2.58. The Hall–Kier alpha value is -2.61. The van der Waals surface area contributed by atoms with Gasteiger partial charge in [0, 0.05) is 10.3 Å². The molecule has 28 heavy (non-hydrogen) atoms. The van der Waals surface area contributed by atoms with Crippen LogP contribution in [-0.2, 0) is 11.3 Å². The molecule has 148 valence electrons. The van der Waals surface area contributed by atoms with Crippen molar-refractivity contribution in [3.8, 4) is 11.5 Å². The summed E-state index contributed by atoms with van der Waals surface area (Å²) in [5, 5.41) is 2.66. The van der Waals surface area contributed by atoms with E-state index >= 15 is 0 Å². The summed E-state index contributed by atoms with van der Waals surface area (Å²) in [6.45, 7) is 4.25. The average Bonchev–Trinajstić information content (AvgIpc) is 3.34. The van der Waals surface area contributed by atoms with Crippen molar-refractivity contribution in [1.82, 2.24) is 10.2 Å². The second-order valence-corrected chi connectivity index (χ2v) is 8.99. The normalized spacial score (nSPS) is 22.0. The van der Waals surface area contributed by atoms with E-state index in [1.165, 1.54) is 14.2 Å². The van der Waals surface area contributed by atoms with Crippen molar-refractivity contribution >= 4 is 23.6 Å². The van der Waals surface area contributed by atoms with Crippen LogP contribution in [0.3, 0.4) is 0 Å². The van der Waals surface area contributed by atoms with Gasteiger partial charge in [0.1, 0.15) is 17.2 Å². The third kappa shape index (κ3) is 2.74. The summed E-state index contributed by atoms with van der Waals surface area (Å²) in [7, 11) is 3.05. The van der Waals surface area contributed by atoms with Crippen molar-refractivity contribution in [3.05, 3.63) is 47.4 Å². The number of hydrogen-bond donors (Lipinski definition) is 1. The van der Waals surface area contributed by atoms with Gasteiger partial charge < -0.3 is 24.1 Å². The van der Waals surface area contributed by atoms with Gasteiger partial charge in [0.15, 0.2) is 11.5 Å². The van der Waals surface area contributed by atoms with Gasteiger partial charge in [0.2, 0.25) is 5.91 Å². The van der Waals surface area contributed by atoms with Crippen molar-refractivity contribution < 1.29 is 23.5 Å². The van der Waals surface area contributed by atoms with Crippen molar-refractivity contribution in [1.29, 1.82) is 0 Å². The number of rotatable bonds is 5. The summed E-state index contributed by atoms with van der Waals surface area (Å²) in [4.78, 5) is 28.1. The molecule has 0 spiro atoms. The van der Waals surface area contributed by atoms with Crippen molar-refractivity contribution in [3.63, 3.8) is 0 Å². The molecular weight excluding hydrogens is 380 g/mol. The number of furan rings is 1. The van der Waals surface area contributed by atoms with Crippen molar-refractivity contribution in [2.24, 2.45) is 0 Å². The van der Waals surface area contributed by atoms with Gasteiger partial charge in [0.05, 0.1) is 32.6 Å². The third-order valence-electron chi connectivity index (χ3n) is 5.16. The fraction of sp³-hybridized carbons (Fsp3) is 0.400. The molecule has 1 fully saturated rings. The summed E-state index contributed by atoms with van der Waals surface area (Å²) in [6, 6.07) is 6.63. The third-order valence-corrected chi connectivity index (χ3v) is 6.70. The number of carbonyl (C=O) groups excluding carboxylic acids is 2. The SMILES string of the molecule is COc1ccc2c(c1OC)C(=O)N1[C@@H]2SC(C)(C)[C@@H]1C(=O)NCc1ccco1. The summed E-state index contributed by atoms with van der Waals surface area (Å²) in [5.74, 6) is 1.15. The molecule has 4 rings (SSSR count). The van der Waals surface area contributed by atoms with Crippen LogP contribution in [0, 0.1) is 0 Å². The second kappa shape index (κ2) is 6.77. The molecule has 1 aromatic heterocycles. The fourth-order valence-corrected chi connectivity index (χ4v) is 5.52. The van der Waals surface area contributed by atoms with Crippen LogP contribution in [0.15, 0.2) is 34.9 Å². The monoisotopic (exact) mass is 402 g/mol. The maximum atomic E-state index is 13.3. The lowest BCUT2D eigenvalue weighted by molar-refractivity contribution is -0.126. The maximum Gasteiger partial charge on any atom is 0.260 e. The number of nitrogens with zero attached hydrogens (tertiary/aromatic N) is 1. The first kappa shape index (κ1) is 18.7. The Morgan fingerprint density at radius 1 is 1.29 bits per heavy atom. The van der Waals surface area contributed by atoms with Crippen LogP contribution in [-0.4, -0.2) is 41.7 Å². The van der Waals surface area contributed by atoms with Gasteiger partial charge in [-0.15, -0.1) is 11.8 Å². The number of thioether (sulfide) groups is 1. The summed E-state index contributed by atoms with van der Waals surface area (Å²) in [5.41, 5.74) is 1.32. The van der Waals surface area contributed by atoms with E-state index in [0.29, 0.717) is 22.8 Å². The Morgan fingerprint density at radius 3 is 2.71 bits per heavy atom. The lowest BCUT2D eigenvalue weighted by Crippen LogP contribution is -2.52. The van der Waals surface area contributed by atoms with Crippen LogP contribution in [0.2, 0.25) is 0 Å². The van der Waals surface area contributed by atoms with Crippen LogP contribution in [0.25, 0.3) is 0 Å². The maximum absolute atomic E-state index is 13.3. The van der Waals surface area contributed by atoms with Crippen molar-refractivity contribution in [2.75, 3.05) is 14.2 Å². The smallest absolute Gasteiger partial charge is 0.260 e. The molecule has 2 aliphatic heterocycles. The molecule has 0 bridgehead atoms. The molecular formula is C20H22N2O5S. The van der Waals surface area contributed by atoms with E-state index in [2.05, 4.69) is 5.32 Å². The molecule has 1 N–H and O–H groups in total. The Balaban J connectivity index is 1.67. The topological polar surface area (TPSA) is 81.0 Å². The molecule has 2 aliphatic rings. The number of amides is 2. The molecule has 1 saturated heterocycles. The molecule has 2 atom stereocenters. The molecule has 2 aromatic rings. The largest absolute Gasteiger partial charge is 0.493 e. The van der Waals surface area contributed by atoms with Gasteiger partial charge in [0.25, 0.3) is 5.91 Å². The number of benzene rings is 1. The number of ether oxygens (including phenoxy) is 2.